The summed E-state index contributed by atoms with van der Waals surface area (Å²) in [7, 11) is 0. The molecule has 0 atom stereocenters. The Hall–Kier alpha value is -2.28. The minimum atomic E-state index is 0.313. The largest absolute Gasteiger partial charge is 0.344 e. The Labute approximate surface area is 165 Å². The van der Waals surface area contributed by atoms with Crippen LogP contribution in [0, 0.1) is 12.3 Å². The summed E-state index contributed by atoms with van der Waals surface area (Å²) >= 11 is 0. The van der Waals surface area contributed by atoms with Crippen molar-refractivity contribution in [3.8, 4) is 22.4 Å². The van der Waals surface area contributed by atoms with Crippen LogP contribution in [0.15, 0.2) is 60.7 Å². The molecule has 1 heterocycles. The summed E-state index contributed by atoms with van der Waals surface area (Å²) in [4.78, 5) is 0. The van der Waals surface area contributed by atoms with Crippen molar-refractivity contribution in [2.24, 2.45) is 5.41 Å². The average molecular weight is 360 g/mol. The van der Waals surface area contributed by atoms with Crippen LogP contribution in [-0.2, 0) is 6.54 Å². The van der Waals surface area contributed by atoms with Crippen LogP contribution in [0.3, 0.4) is 0 Å². The van der Waals surface area contributed by atoms with Gasteiger partial charge in [0.2, 0.25) is 0 Å². The second-order valence-electron chi connectivity index (χ2n) is 9.08. The number of hydrogen-bond acceptors (Lipinski definition) is 0. The summed E-state index contributed by atoms with van der Waals surface area (Å²) in [5.41, 5.74) is 8.57. The lowest BCUT2D eigenvalue weighted by molar-refractivity contribution is 0.348. The van der Waals surface area contributed by atoms with Crippen LogP contribution in [0.4, 0.5) is 0 Å². The fourth-order valence-corrected chi connectivity index (χ4v) is 4.04. The quantitative estimate of drug-likeness (QED) is 0.440. The molecule has 0 N–H and O–H groups in total. The molecule has 0 spiro atoms. The van der Waals surface area contributed by atoms with Crippen LogP contribution in [0.1, 0.15) is 58.2 Å². The molecule has 1 aromatic heterocycles. The monoisotopic (exact) mass is 359 g/mol. The van der Waals surface area contributed by atoms with Gasteiger partial charge in [-0.3, -0.25) is 0 Å². The maximum Gasteiger partial charge on any atom is 0.0565 e. The van der Waals surface area contributed by atoms with Crippen molar-refractivity contribution in [3.63, 3.8) is 0 Å². The molecule has 0 unspecified atom stereocenters. The maximum absolute atomic E-state index is 2.60. The van der Waals surface area contributed by atoms with Crippen molar-refractivity contribution in [2.45, 2.75) is 60.4 Å². The van der Waals surface area contributed by atoms with Crippen LogP contribution >= 0.6 is 0 Å². The minimum absolute atomic E-state index is 0.313. The van der Waals surface area contributed by atoms with E-state index < -0.39 is 0 Å². The first-order valence-corrected chi connectivity index (χ1v) is 10.1. The first kappa shape index (κ1) is 19.5. The Morgan fingerprint density at radius 1 is 0.815 bits per heavy atom. The summed E-state index contributed by atoms with van der Waals surface area (Å²) in [6.07, 6.45) is 1.16. The van der Waals surface area contributed by atoms with Gasteiger partial charge in [-0.05, 0) is 41.4 Å². The maximum atomic E-state index is 2.60. The molecule has 3 rings (SSSR count). The van der Waals surface area contributed by atoms with Crippen LogP contribution < -0.4 is 0 Å². The van der Waals surface area contributed by atoms with Gasteiger partial charge in [0.15, 0.2) is 0 Å². The highest BCUT2D eigenvalue weighted by atomic mass is 15.0. The molecule has 1 heteroatoms. The molecular weight excluding hydrogens is 326 g/mol. The molecule has 0 fully saturated rings. The van der Waals surface area contributed by atoms with Crippen LogP contribution in [-0.4, -0.2) is 4.57 Å². The fraction of sp³-hybridized carbons (Fsp3) is 0.385. The van der Waals surface area contributed by atoms with Gasteiger partial charge in [0.05, 0.1) is 5.69 Å². The first-order valence-electron chi connectivity index (χ1n) is 10.1. The third kappa shape index (κ3) is 4.18. The van der Waals surface area contributed by atoms with Gasteiger partial charge in [0.1, 0.15) is 0 Å². The first-order chi connectivity index (χ1) is 12.8. The van der Waals surface area contributed by atoms with Crippen molar-refractivity contribution in [1.82, 2.24) is 4.57 Å². The van der Waals surface area contributed by atoms with E-state index in [1.807, 2.05) is 0 Å². The Morgan fingerprint density at radius 3 is 1.81 bits per heavy atom. The number of hydrogen-bond donors (Lipinski definition) is 0. The van der Waals surface area contributed by atoms with Crippen molar-refractivity contribution in [1.29, 1.82) is 0 Å². The molecule has 0 bridgehead atoms. The smallest absolute Gasteiger partial charge is 0.0565 e. The second kappa shape index (κ2) is 7.76. The van der Waals surface area contributed by atoms with Gasteiger partial charge < -0.3 is 4.57 Å². The molecule has 1 nitrogen and oxygen atoms in total. The summed E-state index contributed by atoms with van der Waals surface area (Å²) in [5.74, 6) is 0.491. The number of nitrogens with zero attached hydrogens (tertiary/aromatic N) is 1. The Balaban J connectivity index is 2.30. The highest BCUT2D eigenvalue weighted by Crippen LogP contribution is 2.42. The van der Waals surface area contributed by atoms with E-state index in [2.05, 4.69) is 107 Å². The minimum Gasteiger partial charge on any atom is -0.344 e. The van der Waals surface area contributed by atoms with Crippen molar-refractivity contribution in [3.05, 3.63) is 71.9 Å². The van der Waals surface area contributed by atoms with E-state index >= 15 is 0 Å². The zero-order valence-corrected chi connectivity index (χ0v) is 17.7. The average Bonchev–Trinajstić information content (AvgIpc) is 2.93. The molecule has 0 aliphatic heterocycles. The fourth-order valence-electron chi connectivity index (χ4n) is 4.04. The molecule has 0 saturated carbocycles. The lowest BCUT2D eigenvalue weighted by Crippen LogP contribution is -2.14. The number of rotatable bonds is 5. The predicted octanol–water partition coefficient (Wildman–Crippen LogP) is 7.69. The van der Waals surface area contributed by atoms with Gasteiger partial charge in [-0.1, -0.05) is 95.3 Å². The molecule has 0 aliphatic carbocycles. The number of benzene rings is 2. The van der Waals surface area contributed by atoms with Crippen LogP contribution in [0.25, 0.3) is 22.4 Å². The lowest BCUT2D eigenvalue weighted by atomic mass is 9.92. The van der Waals surface area contributed by atoms with Crippen molar-refractivity contribution in [2.75, 3.05) is 0 Å². The second-order valence-corrected chi connectivity index (χ2v) is 9.08. The summed E-state index contributed by atoms with van der Waals surface area (Å²) in [5, 5.41) is 0. The molecule has 0 radical (unpaired) electrons. The Bertz CT molecular complexity index is 877. The molecular formula is C26H33N. The third-order valence-corrected chi connectivity index (χ3v) is 5.30. The molecule has 27 heavy (non-hydrogen) atoms. The van der Waals surface area contributed by atoms with E-state index in [-0.39, 0.29) is 0 Å². The topological polar surface area (TPSA) is 4.93 Å². The third-order valence-electron chi connectivity index (χ3n) is 5.30. The summed E-state index contributed by atoms with van der Waals surface area (Å²) in [6.45, 7) is 15.0. The molecule has 3 aromatic rings. The van der Waals surface area contributed by atoms with Crippen LogP contribution in [0.2, 0.25) is 0 Å². The van der Waals surface area contributed by atoms with Crippen molar-refractivity contribution < 1.29 is 0 Å². The zero-order chi connectivity index (χ0) is 19.6. The molecule has 0 amide bonds. The highest BCUT2D eigenvalue weighted by molar-refractivity contribution is 5.85. The predicted molar refractivity (Wildman–Crippen MR) is 118 cm³/mol. The van der Waals surface area contributed by atoms with E-state index in [1.54, 1.807) is 0 Å². The van der Waals surface area contributed by atoms with Gasteiger partial charge in [-0.25, -0.2) is 0 Å². The van der Waals surface area contributed by atoms with E-state index in [4.69, 9.17) is 0 Å². The van der Waals surface area contributed by atoms with Crippen molar-refractivity contribution >= 4 is 0 Å². The highest BCUT2D eigenvalue weighted by Gasteiger charge is 2.24. The van der Waals surface area contributed by atoms with Crippen LogP contribution in [0.5, 0.6) is 0 Å². The SMILES string of the molecule is Cc1c(-c2ccccc2)c(-c2ccccc2)n(CCC(C)(C)C)c1C(C)C. The van der Waals surface area contributed by atoms with E-state index in [0.29, 0.717) is 11.3 Å². The van der Waals surface area contributed by atoms with Gasteiger partial charge in [-0.15, -0.1) is 0 Å². The Morgan fingerprint density at radius 2 is 1.33 bits per heavy atom. The normalized spacial score (nSPS) is 12.0. The molecule has 142 valence electrons. The summed E-state index contributed by atoms with van der Waals surface area (Å²) < 4.78 is 2.60. The standard InChI is InChI=1S/C26H33N/c1-19(2)24-20(3)23(21-13-9-7-10-14-21)25(22-15-11-8-12-16-22)27(24)18-17-26(4,5)6/h7-16,19H,17-18H2,1-6H3. The molecule has 0 aliphatic rings. The molecule has 0 saturated heterocycles. The van der Waals surface area contributed by atoms with Gasteiger partial charge in [0, 0.05) is 17.8 Å². The zero-order valence-electron chi connectivity index (χ0n) is 17.7. The Kier molecular flexibility index (Phi) is 5.60. The van der Waals surface area contributed by atoms with Gasteiger partial charge in [-0.2, -0.15) is 0 Å². The van der Waals surface area contributed by atoms with E-state index in [0.717, 1.165) is 13.0 Å². The van der Waals surface area contributed by atoms with Gasteiger partial charge >= 0.3 is 0 Å². The van der Waals surface area contributed by atoms with E-state index in [1.165, 1.54) is 33.6 Å². The lowest BCUT2D eigenvalue weighted by Gasteiger charge is -2.23. The number of aromatic nitrogens is 1. The summed E-state index contributed by atoms with van der Waals surface area (Å²) in [6, 6.07) is 21.8. The van der Waals surface area contributed by atoms with E-state index in [9.17, 15) is 0 Å². The van der Waals surface area contributed by atoms with Gasteiger partial charge in [0.25, 0.3) is 0 Å². The molecule has 2 aromatic carbocycles.